The fourth-order valence-corrected chi connectivity index (χ4v) is 1.10. The Morgan fingerprint density at radius 3 is 2.09 bits per heavy atom. The van der Waals surface area contributed by atoms with Crippen LogP contribution in [0.1, 0.15) is 11.1 Å². The van der Waals surface area contributed by atoms with Gasteiger partial charge in [-0.3, -0.25) is 9.68 Å². The van der Waals surface area contributed by atoms with Gasteiger partial charge in [0.25, 0.3) is 0 Å². The molecule has 58 valence electrons. The topological polar surface area (TPSA) is 30.5 Å². The third-order valence-corrected chi connectivity index (χ3v) is 1.69. The van der Waals surface area contributed by atoms with Crippen molar-refractivity contribution < 1.29 is 9.68 Å². The van der Waals surface area contributed by atoms with Crippen LogP contribution >= 0.6 is 0 Å². The van der Waals surface area contributed by atoms with E-state index in [2.05, 4.69) is 5.64 Å². The predicted octanol–water partition coefficient (Wildman–Crippen LogP) is 1.15. The van der Waals surface area contributed by atoms with E-state index in [9.17, 15) is 0 Å². The van der Waals surface area contributed by atoms with Gasteiger partial charge in [0.2, 0.25) is 0 Å². The van der Waals surface area contributed by atoms with Crippen LogP contribution in [-0.2, 0) is 22.9 Å². The van der Waals surface area contributed by atoms with E-state index in [1.54, 1.807) is 0 Å². The van der Waals surface area contributed by atoms with Crippen LogP contribution in [0, 0.1) is 0 Å². The maximum absolute atomic E-state index is 4.95. The number of hydrogen-bond acceptors (Lipinski definition) is 3. The van der Waals surface area contributed by atoms with Crippen LogP contribution in [-0.4, -0.2) is 0 Å². The molecule has 0 atom stereocenters. The first-order valence-corrected chi connectivity index (χ1v) is 3.52. The first-order chi connectivity index (χ1) is 5.47. The molecule has 3 heteroatoms. The minimum atomic E-state index is 0.566. The Bertz CT molecular complexity index is 225. The van der Waals surface area contributed by atoms with Crippen molar-refractivity contribution in [2.75, 3.05) is 0 Å². The molecule has 1 aliphatic heterocycles. The highest BCUT2D eigenvalue weighted by molar-refractivity contribution is 5.25. The molecule has 0 amide bonds. The second kappa shape index (κ2) is 3.00. The highest BCUT2D eigenvalue weighted by Gasteiger charge is 2.05. The average Bonchev–Trinajstić information content (AvgIpc) is 2.28. The quantitative estimate of drug-likeness (QED) is 0.603. The lowest BCUT2D eigenvalue weighted by Gasteiger charge is -1.99. The molecule has 1 aromatic carbocycles. The van der Waals surface area contributed by atoms with Gasteiger partial charge in [-0.1, -0.05) is 29.9 Å². The van der Waals surface area contributed by atoms with Gasteiger partial charge in [0.1, 0.15) is 0 Å². The van der Waals surface area contributed by atoms with Gasteiger partial charge in [-0.25, -0.2) is 0 Å². The van der Waals surface area contributed by atoms with Crippen molar-refractivity contribution in [3.05, 3.63) is 35.4 Å². The molecule has 11 heavy (non-hydrogen) atoms. The second-order valence-electron chi connectivity index (χ2n) is 2.43. The third kappa shape index (κ3) is 1.40. The van der Waals surface area contributed by atoms with E-state index in [0.717, 1.165) is 0 Å². The molecule has 0 bridgehead atoms. The number of rotatable bonds is 0. The van der Waals surface area contributed by atoms with Crippen molar-refractivity contribution in [3.63, 3.8) is 0 Å². The summed E-state index contributed by atoms with van der Waals surface area (Å²) in [7, 11) is 0. The van der Waals surface area contributed by atoms with E-state index < -0.39 is 0 Å². The highest BCUT2D eigenvalue weighted by atomic mass is 16.9. The fourth-order valence-electron chi connectivity index (χ4n) is 1.10. The van der Waals surface area contributed by atoms with Crippen LogP contribution in [0.5, 0.6) is 0 Å². The van der Waals surface area contributed by atoms with E-state index >= 15 is 0 Å². The van der Waals surface area contributed by atoms with Crippen LogP contribution in [0.15, 0.2) is 24.3 Å². The molecule has 1 aromatic rings. The van der Waals surface area contributed by atoms with Crippen LogP contribution in [0.25, 0.3) is 0 Å². The van der Waals surface area contributed by atoms with Crippen molar-refractivity contribution in [3.8, 4) is 0 Å². The van der Waals surface area contributed by atoms with Crippen LogP contribution < -0.4 is 5.64 Å². The first kappa shape index (κ1) is 6.79. The van der Waals surface area contributed by atoms with E-state index in [0.29, 0.717) is 13.2 Å². The smallest absolute Gasteiger partial charge is 0.0963 e. The van der Waals surface area contributed by atoms with E-state index in [1.165, 1.54) is 11.1 Å². The summed E-state index contributed by atoms with van der Waals surface area (Å²) < 4.78 is 0. The molecule has 1 aliphatic rings. The zero-order chi connectivity index (χ0) is 7.52. The van der Waals surface area contributed by atoms with Crippen LogP contribution in [0.2, 0.25) is 0 Å². The second-order valence-corrected chi connectivity index (χ2v) is 2.43. The third-order valence-electron chi connectivity index (χ3n) is 1.69. The average molecular weight is 151 g/mol. The van der Waals surface area contributed by atoms with Crippen molar-refractivity contribution >= 4 is 0 Å². The number of fused-ring (bicyclic) bond motifs is 1. The zero-order valence-electron chi connectivity index (χ0n) is 6.04. The number of benzene rings is 1. The molecular weight excluding hydrogens is 142 g/mol. The Balaban J connectivity index is 2.33. The molecule has 0 aliphatic carbocycles. The normalized spacial score (nSPS) is 17.1. The summed E-state index contributed by atoms with van der Waals surface area (Å²) >= 11 is 0. The Hall–Kier alpha value is -0.900. The van der Waals surface area contributed by atoms with Gasteiger partial charge < -0.3 is 0 Å². The maximum Gasteiger partial charge on any atom is 0.0963 e. The van der Waals surface area contributed by atoms with Crippen molar-refractivity contribution in [1.82, 2.24) is 5.64 Å². The molecule has 0 unspecified atom stereocenters. The minimum absolute atomic E-state index is 0.566. The van der Waals surface area contributed by atoms with Gasteiger partial charge in [-0.15, -0.1) is 0 Å². The minimum Gasteiger partial charge on any atom is -0.272 e. The van der Waals surface area contributed by atoms with Crippen molar-refractivity contribution in [2.45, 2.75) is 13.2 Å². The lowest BCUT2D eigenvalue weighted by Crippen LogP contribution is -2.10. The summed E-state index contributed by atoms with van der Waals surface area (Å²) in [5.74, 6) is 0. The van der Waals surface area contributed by atoms with Crippen molar-refractivity contribution in [2.24, 2.45) is 0 Å². The summed E-state index contributed by atoms with van der Waals surface area (Å²) in [5.41, 5.74) is 4.75. The first-order valence-electron chi connectivity index (χ1n) is 3.52. The fraction of sp³-hybridized carbons (Fsp3) is 0.250. The Labute approximate surface area is 64.8 Å². The maximum atomic E-state index is 4.95. The van der Waals surface area contributed by atoms with Gasteiger partial charge in [0, 0.05) is 0 Å². The molecule has 3 nitrogen and oxygen atoms in total. The Kier molecular flexibility index (Phi) is 1.85. The Morgan fingerprint density at radius 2 is 1.55 bits per heavy atom. The molecule has 2 rings (SSSR count). The zero-order valence-corrected chi connectivity index (χ0v) is 6.04. The Morgan fingerprint density at radius 1 is 1.00 bits per heavy atom. The summed E-state index contributed by atoms with van der Waals surface area (Å²) in [4.78, 5) is 9.90. The SMILES string of the molecule is c1ccc2c(c1)CONOC2. The molecule has 0 spiro atoms. The number of nitrogens with one attached hydrogen (secondary N) is 1. The molecule has 0 saturated heterocycles. The van der Waals surface area contributed by atoms with E-state index in [4.69, 9.17) is 9.68 Å². The summed E-state index contributed by atoms with van der Waals surface area (Å²) in [5, 5.41) is 0. The summed E-state index contributed by atoms with van der Waals surface area (Å²) in [6.45, 7) is 1.13. The predicted molar refractivity (Wildman–Crippen MR) is 39.2 cm³/mol. The lowest BCUT2D eigenvalue weighted by atomic mass is 10.1. The largest absolute Gasteiger partial charge is 0.272 e. The molecular formula is C8H9NO2. The molecule has 0 fully saturated rings. The van der Waals surface area contributed by atoms with Crippen LogP contribution in [0.4, 0.5) is 0 Å². The van der Waals surface area contributed by atoms with Gasteiger partial charge in [0.15, 0.2) is 0 Å². The highest BCUT2D eigenvalue weighted by Crippen LogP contribution is 2.12. The molecule has 0 aromatic heterocycles. The van der Waals surface area contributed by atoms with Gasteiger partial charge >= 0.3 is 0 Å². The lowest BCUT2D eigenvalue weighted by molar-refractivity contribution is -0.176. The number of hydrogen-bond donors (Lipinski definition) is 1. The van der Waals surface area contributed by atoms with E-state index in [1.807, 2.05) is 24.3 Å². The standard InChI is InChI=1S/C8H9NO2/c1-2-4-8-6-11-9-10-5-7(8)3-1/h1-4,9H,5-6H2. The monoisotopic (exact) mass is 151 g/mol. The summed E-state index contributed by atoms with van der Waals surface area (Å²) in [6, 6.07) is 8.05. The molecule has 0 saturated carbocycles. The molecule has 1 N–H and O–H groups in total. The molecule has 1 heterocycles. The molecule has 0 radical (unpaired) electrons. The van der Waals surface area contributed by atoms with Crippen molar-refractivity contribution in [1.29, 1.82) is 0 Å². The van der Waals surface area contributed by atoms with Gasteiger partial charge in [-0.05, 0) is 11.1 Å². The van der Waals surface area contributed by atoms with Gasteiger partial charge in [0.05, 0.1) is 13.2 Å². The van der Waals surface area contributed by atoms with E-state index in [-0.39, 0.29) is 0 Å². The van der Waals surface area contributed by atoms with Crippen LogP contribution in [0.3, 0.4) is 0 Å². The van der Waals surface area contributed by atoms with Gasteiger partial charge in [-0.2, -0.15) is 0 Å². The summed E-state index contributed by atoms with van der Waals surface area (Å²) in [6.07, 6.45) is 0.